The maximum absolute atomic E-state index is 3.64. The summed E-state index contributed by atoms with van der Waals surface area (Å²) < 4.78 is 0. The maximum atomic E-state index is 3.64. The van der Waals surface area contributed by atoms with E-state index in [1.54, 1.807) is 0 Å². The van der Waals surface area contributed by atoms with E-state index in [2.05, 4.69) is 36.5 Å². The van der Waals surface area contributed by atoms with Gasteiger partial charge in [0.1, 0.15) is 0 Å². The van der Waals surface area contributed by atoms with Gasteiger partial charge in [-0.05, 0) is 49.3 Å². The van der Waals surface area contributed by atoms with Crippen LogP contribution < -0.4 is 5.32 Å². The first-order chi connectivity index (χ1) is 9.88. The van der Waals surface area contributed by atoms with Crippen molar-refractivity contribution in [2.24, 2.45) is 5.92 Å². The number of anilines is 1. The summed E-state index contributed by atoms with van der Waals surface area (Å²) in [6.07, 6.45) is 13.8. The van der Waals surface area contributed by atoms with Crippen molar-refractivity contribution < 1.29 is 0 Å². The lowest BCUT2D eigenvalue weighted by Crippen LogP contribution is -2.13. The Hall–Kier alpha value is -0.980. The smallest absolute Gasteiger partial charge is 0.0340 e. The average molecular weight is 273 g/mol. The maximum Gasteiger partial charge on any atom is 0.0340 e. The molecule has 0 atom stereocenters. The van der Waals surface area contributed by atoms with Crippen LogP contribution in [0.5, 0.6) is 0 Å². The Morgan fingerprint density at radius 2 is 1.65 bits per heavy atom. The molecule has 1 aromatic carbocycles. The second-order valence-corrected chi connectivity index (χ2v) is 6.39. The highest BCUT2D eigenvalue weighted by Gasteiger charge is 2.11. The van der Waals surface area contributed by atoms with Gasteiger partial charge in [-0.25, -0.2) is 0 Å². The molecule has 0 saturated heterocycles. The Morgan fingerprint density at radius 3 is 2.30 bits per heavy atom. The van der Waals surface area contributed by atoms with E-state index < -0.39 is 0 Å². The third kappa shape index (κ3) is 5.56. The molecule has 0 amide bonds. The molecule has 1 aliphatic rings. The molecular formula is C19H31N. The van der Waals surface area contributed by atoms with Gasteiger partial charge in [-0.2, -0.15) is 0 Å². The second-order valence-electron chi connectivity index (χ2n) is 6.39. The molecule has 1 aromatic rings. The number of unbranched alkanes of at least 4 members (excludes halogenated alkanes) is 2. The lowest BCUT2D eigenvalue weighted by Gasteiger charge is -2.16. The van der Waals surface area contributed by atoms with E-state index >= 15 is 0 Å². The van der Waals surface area contributed by atoms with Crippen LogP contribution in [0.3, 0.4) is 0 Å². The van der Waals surface area contributed by atoms with Crippen molar-refractivity contribution in [2.45, 2.75) is 71.1 Å². The average Bonchev–Trinajstić information content (AvgIpc) is 2.75. The zero-order valence-electron chi connectivity index (χ0n) is 13.2. The third-order valence-corrected chi connectivity index (χ3v) is 4.59. The number of hydrogen-bond acceptors (Lipinski definition) is 1. The topological polar surface area (TPSA) is 12.0 Å². The standard InChI is InChI=1S/C19H31N/c1-2-3-6-9-17-12-14-19(15-13-17)20-16-18-10-7-4-5-8-11-18/h12-15,18,20H,2-11,16H2,1H3. The minimum atomic E-state index is 0.890. The van der Waals surface area contributed by atoms with E-state index in [9.17, 15) is 0 Å². The molecule has 0 aromatic heterocycles. The van der Waals surface area contributed by atoms with E-state index in [1.165, 1.54) is 75.5 Å². The molecule has 0 aliphatic heterocycles. The lowest BCUT2D eigenvalue weighted by atomic mass is 10.0. The fourth-order valence-corrected chi connectivity index (χ4v) is 3.20. The van der Waals surface area contributed by atoms with Gasteiger partial charge in [-0.3, -0.25) is 0 Å². The summed E-state index contributed by atoms with van der Waals surface area (Å²) >= 11 is 0. The minimum Gasteiger partial charge on any atom is -0.385 e. The molecule has 1 fully saturated rings. The molecule has 1 saturated carbocycles. The molecular weight excluding hydrogens is 242 g/mol. The number of nitrogens with one attached hydrogen (secondary N) is 1. The van der Waals surface area contributed by atoms with Crippen molar-refractivity contribution in [3.8, 4) is 0 Å². The Morgan fingerprint density at radius 1 is 0.950 bits per heavy atom. The van der Waals surface area contributed by atoms with Crippen LogP contribution in [0.2, 0.25) is 0 Å². The Labute approximate surface area is 125 Å². The highest BCUT2D eigenvalue weighted by molar-refractivity contribution is 5.44. The van der Waals surface area contributed by atoms with E-state index in [1.807, 2.05) is 0 Å². The summed E-state index contributed by atoms with van der Waals surface area (Å²) in [4.78, 5) is 0. The Bertz CT molecular complexity index is 347. The molecule has 2 rings (SSSR count). The molecule has 0 unspecified atom stereocenters. The summed E-state index contributed by atoms with van der Waals surface area (Å²) in [5.74, 6) is 0.890. The van der Waals surface area contributed by atoms with E-state index in [0.717, 1.165) is 12.5 Å². The van der Waals surface area contributed by atoms with Crippen LogP contribution in [0.15, 0.2) is 24.3 Å². The Balaban J connectivity index is 1.72. The predicted molar refractivity (Wildman–Crippen MR) is 89.4 cm³/mol. The lowest BCUT2D eigenvalue weighted by molar-refractivity contribution is 0.483. The highest BCUT2D eigenvalue weighted by atomic mass is 14.9. The third-order valence-electron chi connectivity index (χ3n) is 4.59. The van der Waals surface area contributed by atoms with Gasteiger partial charge in [0.25, 0.3) is 0 Å². The van der Waals surface area contributed by atoms with Crippen LogP contribution in [0.25, 0.3) is 0 Å². The first-order valence-electron chi connectivity index (χ1n) is 8.71. The quantitative estimate of drug-likeness (QED) is 0.489. The molecule has 20 heavy (non-hydrogen) atoms. The van der Waals surface area contributed by atoms with Crippen LogP contribution in [0, 0.1) is 5.92 Å². The van der Waals surface area contributed by atoms with Gasteiger partial charge in [0, 0.05) is 12.2 Å². The van der Waals surface area contributed by atoms with Gasteiger partial charge < -0.3 is 5.32 Å². The molecule has 0 radical (unpaired) electrons. The minimum absolute atomic E-state index is 0.890. The second kappa shape index (κ2) is 9.05. The summed E-state index contributed by atoms with van der Waals surface area (Å²) in [7, 11) is 0. The van der Waals surface area contributed by atoms with Crippen molar-refractivity contribution in [3.63, 3.8) is 0 Å². The van der Waals surface area contributed by atoms with Gasteiger partial charge in [0.15, 0.2) is 0 Å². The van der Waals surface area contributed by atoms with Crippen molar-refractivity contribution in [3.05, 3.63) is 29.8 Å². The van der Waals surface area contributed by atoms with E-state index in [4.69, 9.17) is 0 Å². The van der Waals surface area contributed by atoms with Gasteiger partial charge in [0.2, 0.25) is 0 Å². The van der Waals surface area contributed by atoms with Gasteiger partial charge in [-0.1, -0.05) is 57.6 Å². The van der Waals surface area contributed by atoms with Crippen LogP contribution in [-0.4, -0.2) is 6.54 Å². The van der Waals surface area contributed by atoms with Crippen molar-refractivity contribution in [1.29, 1.82) is 0 Å². The molecule has 1 nitrogen and oxygen atoms in total. The summed E-state index contributed by atoms with van der Waals surface area (Å²) in [6.45, 7) is 3.43. The molecule has 1 aliphatic carbocycles. The Kier molecular flexibility index (Phi) is 6.97. The zero-order chi connectivity index (χ0) is 14.0. The van der Waals surface area contributed by atoms with Crippen molar-refractivity contribution in [2.75, 3.05) is 11.9 Å². The van der Waals surface area contributed by atoms with E-state index in [-0.39, 0.29) is 0 Å². The van der Waals surface area contributed by atoms with Crippen LogP contribution >= 0.6 is 0 Å². The van der Waals surface area contributed by atoms with Crippen molar-refractivity contribution in [1.82, 2.24) is 0 Å². The number of hydrogen-bond donors (Lipinski definition) is 1. The monoisotopic (exact) mass is 273 g/mol. The molecule has 0 heterocycles. The number of aryl methyl sites for hydroxylation is 1. The first kappa shape index (κ1) is 15.4. The highest BCUT2D eigenvalue weighted by Crippen LogP contribution is 2.23. The fraction of sp³-hybridized carbons (Fsp3) is 0.684. The normalized spacial score (nSPS) is 16.9. The molecule has 112 valence electrons. The van der Waals surface area contributed by atoms with E-state index in [0.29, 0.717) is 0 Å². The molecule has 1 heteroatoms. The number of benzene rings is 1. The first-order valence-corrected chi connectivity index (χ1v) is 8.71. The summed E-state index contributed by atoms with van der Waals surface area (Å²) in [6, 6.07) is 9.12. The fourth-order valence-electron chi connectivity index (χ4n) is 3.20. The molecule has 1 N–H and O–H groups in total. The molecule has 0 spiro atoms. The predicted octanol–water partition coefficient (Wildman–Crippen LogP) is 5.80. The summed E-state index contributed by atoms with van der Waals surface area (Å²) in [5.41, 5.74) is 2.78. The van der Waals surface area contributed by atoms with Crippen LogP contribution in [0.1, 0.15) is 70.3 Å². The summed E-state index contributed by atoms with van der Waals surface area (Å²) in [5, 5.41) is 3.64. The largest absolute Gasteiger partial charge is 0.385 e. The zero-order valence-corrected chi connectivity index (χ0v) is 13.2. The van der Waals surface area contributed by atoms with Gasteiger partial charge >= 0.3 is 0 Å². The van der Waals surface area contributed by atoms with Gasteiger partial charge in [-0.15, -0.1) is 0 Å². The van der Waals surface area contributed by atoms with Crippen molar-refractivity contribution >= 4 is 5.69 Å². The molecule has 0 bridgehead atoms. The van der Waals surface area contributed by atoms with Crippen LogP contribution in [-0.2, 0) is 6.42 Å². The SMILES string of the molecule is CCCCCc1ccc(NCC2CCCCCC2)cc1. The van der Waals surface area contributed by atoms with Crippen LogP contribution in [0.4, 0.5) is 5.69 Å². The number of rotatable bonds is 7. The van der Waals surface area contributed by atoms with Gasteiger partial charge in [0.05, 0.1) is 0 Å².